The lowest BCUT2D eigenvalue weighted by molar-refractivity contribution is 0.0916. The number of hydrogen-bond acceptors (Lipinski definition) is 3. The Kier molecular flexibility index (Phi) is 4.12. The minimum absolute atomic E-state index is 0.0605. The smallest absolute Gasteiger partial charge is 0.253 e. The van der Waals surface area contributed by atoms with E-state index < -0.39 is 0 Å². The van der Waals surface area contributed by atoms with Crippen molar-refractivity contribution in [2.24, 2.45) is 0 Å². The second-order valence-electron chi connectivity index (χ2n) is 3.35. The van der Waals surface area contributed by atoms with Gasteiger partial charge in [0, 0.05) is 5.69 Å². The average Bonchev–Trinajstić information content (AvgIpc) is 2.26. The fourth-order valence-corrected chi connectivity index (χ4v) is 1.24. The molecule has 0 radical (unpaired) electrons. The topological polar surface area (TPSA) is 75.3 Å². The van der Waals surface area contributed by atoms with Crippen LogP contribution in [0.1, 0.15) is 23.7 Å². The van der Waals surface area contributed by atoms with E-state index in [1.54, 1.807) is 24.3 Å². The molecule has 0 spiro atoms. The van der Waals surface area contributed by atoms with E-state index >= 15 is 0 Å². The van der Waals surface area contributed by atoms with Crippen molar-refractivity contribution >= 4 is 11.6 Å². The summed E-state index contributed by atoms with van der Waals surface area (Å²) in [6.45, 7) is 1.84. The maximum Gasteiger partial charge on any atom is 0.253 e. The van der Waals surface area contributed by atoms with Gasteiger partial charge < -0.3 is 16.2 Å². The molecule has 4 N–H and O–H groups in total. The van der Waals surface area contributed by atoms with E-state index in [0.29, 0.717) is 17.7 Å². The first-order valence-corrected chi connectivity index (χ1v) is 4.95. The van der Waals surface area contributed by atoms with Gasteiger partial charge in [-0.05, 0) is 18.6 Å². The Morgan fingerprint density at radius 3 is 2.73 bits per heavy atom. The van der Waals surface area contributed by atoms with Gasteiger partial charge in [-0.3, -0.25) is 4.79 Å². The highest BCUT2D eigenvalue weighted by molar-refractivity contribution is 5.99. The molecule has 1 aromatic rings. The molecule has 0 aliphatic heterocycles. The van der Waals surface area contributed by atoms with Crippen molar-refractivity contribution in [1.82, 2.24) is 5.32 Å². The number of nitrogens with one attached hydrogen (secondary N) is 1. The summed E-state index contributed by atoms with van der Waals surface area (Å²) >= 11 is 0. The van der Waals surface area contributed by atoms with Crippen LogP contribution in [0.4, 0.5) is 5.69 Å². The molecule has 1 aromatic carbocycles. The molecule has 0 aromatic heterocycles. The number of rotatable bonds is 4. The van der Waals surface area contributed by atoms with Gasteiger partial charge in [0.1, 0.15) is 0 Å². The van der Waals surface area contributed by atoms with E-state index in [2.05, 4.69) is 5.32 Å². The second-order valence-corrected chi connectivity index (χ2v) is 3.35. The van der Waals surface area contributed by atoms with Gasteiger partial charge in [-0.15, -0.1) is 0 Å². The highest BCUT2D eigenvalue weighted by Crippen LogP contribution is 2.10. The van der Waals surface area contributed by atoms with Crippen molar-refractivity contribution in [2.75, 3.05) is 12.3 Å². The number of anilines is 1. The zero-order valence-corrected chi connectivity index (χ0v) is 8.73. The number of aliphatic hydroxyl groups excluding tert-OH is 1. The van der Waals surface area contributed by atoms with Crippen LogP contribution in [0.15, 0.2) is 24.3 Å². The van der Waals surface area contributed by atoms with Crippen LogP contribution in [0, 0.1) is 0 Å². The normalized spacial score (nSPS) is 12.1. The van der Waals surface area contributed by atoms with Crippen molar-refractivity contribution < 1.29 is 9.90 Å². The Morgan fingerprint density at radius 2 is 2.20 bits per heavy atom. The summed E-state index contributed by atoms with van der Waals surface area (Å²) in [4.78, 5) is 11.7. The van der Waals surface area contributed by atoms with Crippen LogP contribution in [0.2, 0.25) is 0 Å². The van der Waals surface area contributed by atoms with E-state index in [9.17, 15) is 4.79 Å². The number of hydrogen-bond donors (Lipinski definition) is 3. The van der Waals surface area contributed by atoms with E-state index in [0.717, 1.165) is 0 Å². The molecular formula is C11H16N2O2. The van der Waals surface area contributed by atoms with Crippen molar-refractivity contribution in [3.63, 3.8) is 0 Å². The minimum atomic E-state index is -0.242. The largest absolute Gasteiger partial charge is 0.398 e. The Labute approximate surface area is 89.1 Å². The predicted molar refractivity (Wildman–Crippen MR) is 59.5 cm³/mol. The maximum absolute atomic E-state index is 11.7. The van der Waals surface area contributed by atoms with Gasteiger partial charge in [-0.1, -0.05) is 19.1 Å². The van der Waals surface area contributed by atoms with E-state index in [1.165, 1.54) is 0 Å². The third-order valence-corrected chi connectivity index (χ3v) is 2.25. The van der Waals surface area contributed by atoms with Crippen LogP contribution in [-0.2, 0) is 0 Å². The predicted octanol–water partition coefficient (Wildman–Crippen LogP) is 0.770. The van der Waals surface area contributed by atoms with Gasteiger partial charge in [0.25, 0.3) is 5.91 Å². The summed E-state index contributed by atoms with van der Waals surface area (Å²) in [6.07, 6.45) is 0.689. The number of amides is 1. The first-order valence-electron chi connectivity index (χ1n) is 4.95. The fourth-order valence-electron chi connectivity index (χ4n) is 1.24. The molecule has 0 aliphatic carbocycles. The molecular weight excluding hydrogens is 192 g/mol. The number of benzene rings is 1. The van der Waals surface area contributed by atoms with Crippen LogP contribution in [-0.4, -0.2) is 23.7 Å². The van der Waals surface area contributed by atoms with Crippen LogP contribution in [0.3, 0.4) is 0 Å². The first kappa shape index (κ1) is 11.5. The number of aliphatic hydroxyl groups is 1. The monoisotopic (exact) mass is 208 g/mol. The number of nitrogens with two attached hydrogens (primary N) is 1. The number of carbonyl (C=O) groups is 1. The molecule has 1 atom stereocenters. The number of para-hydroxylation sites is 1. The van der Waals surface area contributed by atoms with Gasteiger partial charge in [0.15, 0.2) is 0 Å². The van der Waals surface area contributed by atoms with Gasteiger partial charge >= 0.3 is 0 Å². The minimum Gasteiger partial charge on any atom is -0.398 e. The molecule has 15 heavy (non-hydrogen) atoms. The summed E-state index contributed by atoms with van der Waals surface area (Å²) in [7, 11) is 0. The van der Waals surface area contributed by atoms with Gasteiger partial charge in [-0.25, -0.2) is 0 Å². The lowest BCUT2D eigenvalue weighted by Crippen LogP contribution is -2.37. The quantitative estimate of drug-likeness (QED) is 0.640. The molecule has 0 bridgehead atoms. The number of nitrogen functional groups attached to an aromatic ring is 1. The molecule has 0 aliphatic rings. The molecule has 0 heterocycles. The summed E-state index contributed by atoms with van der Waals surface area (Å²) in [6, 6.07) is 6.65. The zero-order chi connectivity index (χ0) is 11.3. The zero-order valence-electron chi connectivity index (χ0n) is 8.73. The van der Waals surface area contributed by atoms with Gasteiger partial charge in [0.2, 0.25) is 0 Å². The molecule has 4 heteroatoms. The number of carbonyl (C=O) groups excluding carboxylic acids is 1. The van der Waals surface area contributed by atoms with Crippen molar-refractivity contribution in [1.29, 1.82) is 0 Å². The summed E-state index contributed by atoms with van der Waals surface area (Å²) in [5.74, 6) is -0.242. The van der Waals surface area contributed by atoms with E-state index in [-0.39, 0.29) is 18.6 Å². The van der Waals surface area contributed by atoms with Crippen molar-refractivity contribution in [3.8, 4) is 0 Å². The molecule has 1 rings (SSSR count). The second kappa shape index (κ2) is 5.36. The fraction of sp³-hybridized carbons (Fsp3) is 0.364. The summed E-state index contributed by atoms with van der Waals surface area (Å²) < 4.78 is 0. The summed E-state index contributed by atoms with van der Waals surface area (Å²) in [5.41, 5.74) is 6.55. The lowest BCUT2D eigenvalue weighted by Gasteiger charge is -2.14. The van der Waals surface area contributed by atoms with Crippen LogP contribution in [0.5, 0.6) is 0 Å². The molecule has 0 fully saturated rings. The van der Waals surface area contributed by atoms with Crippen molar-refractivity contribution in [3.05, 3.63) is 29.8 Å². The van der Waals surface area contributed by atoms with Crippen LogP contribution >= 0.6 is 0 Å². The third-order valence-electron chi connectivity index (χ3n) is 2.25. The van der Waals surface area contributed by atoms with Gasteiger partial charge in [0.05, 0.1) is 18.2 Å². The molecule has 82 valence electrons. The molecule has 0 saturated heterocycles. The Balaban J connectivity index is 2.73. The standard InChI is InChI=1S/C11H16N2O2/c1-2-8(7-14)13-11(15)9-5-3-4-6-10(9)12/h3-6,8,14H,2,7,12H2,1H3,(H,13,15)/t8-/m0/s1. The van der Waals surface area contributed by atoms with E-state index in [1.807, 2.05) is 6.92 Å². The third kappa shape index (κ3) is 2.95. The Hall–Kier alpha value is -1.55. The SMILES string of the molecule is CC[C@@H](CO)NC(=O)c1ccccc1N. The molecule has 4 nitrogen and oxygen atoms in total. The van der Waals surface area contributed by atoms with Gasteiger partial charge in [-0.2, -0.15) is 0 Å². The van der Waals surface area contributed by atoms with Crippen LogP contribution in [0.25, 0.3) is 0 Å². The Morgan fingerprint density at radius 1 is 1.53 bits per heavy atom. The van der Waals surface area contributed by atoms with Crippen LogP contribution < -0.4 is 11.1 Å². The molecule has 0 saturated carbocycles. The molecule has 1 amide bonds. The lowest BCUT2D eigenvalue weighted by atomic mass is 10.1. The highest BCUT2D eigenvalue weighted by atomic mass is 16.3. The molecule has 0 unspecified atom stereocenters. The maximum atomic E-state index is 11.7. The van der Waals surface area contributed by atoms with Crippen molar-refractivity contribution in [2.45, 2.75) is 19.4 Å². The first-order chi connectivity index (χ1) is 7.19. The Bertz CT molecular complexity index is 335. The highest BCUT2D eigenvalue weighted by Gasteiger charge is 2.12. The summed E-state index contributed by atoms with van der Waals surface area (Å²) in [5, 5.41) is 11.6. The average molecular weight is 208 g/mol. The van der Waals surface area contributed by atoms with E-state index in [4.69, 9.17) is 10.8 Å².